The van der Waals surface area contributed by atoms with Crippen LogP contribution in [0, 0.1) is 20.8 Å². The molecule has 0 fully saturated rings. The first-order valence-corrected chi connectivity index (χ1v) is 10.0. The number of amides is 1. The summed E-state index contributed by atoms with van der Waals surface area (Å²) in [4.78, 5) is 30.2. The number of aromatic nitrogens is 5. The van der Waals surface area contributed by atoms with Gasteiger partial charge in [-0.2, -0.15) is 0 Å². The lowest BCUT2D eigenvalue weighted by Crippen LogP contribution is -2.30. The van der Waals surface area contributed by atoms with Crippen molar-refractivity contribution < 1.29 is 4.79 Å². The second-order valence-corrected chi connectivity index (χ2v) is 7.19. The van der Waals surface area contributed by atoms with Crippen LogP contribution >= 0.6 is 0 Å². The molecule has 0 aromatic carbocycles. The van der Waals surface area contributed by atoms with Crippen molar-refractivity contribution >= 4 is 29.0 Å². The van der Waals surface area contributed by atoms with E-state index in [1.165, 1.54) is 0 Å². The van der Waals surface area contributed by atoms with Crippen molar-refractivity contribution in [2.45, 2.75) is 20.8 Å². The van der Waals surface area contributed by atoms with Crippen molar-refractivity contribution in [2.75, 3.05) is 23.7 Å². The van der Waals surface area contributed by atoms with Crippen molar-refractivity contribution in [3.05, 3.63) is 71.6 Å². The van der Waals surface area contributed by atoms with Crippen molar-refractivity contribution in [3.63, 3.8) is 0 Å². The Bertz CT molecular complexity index is 1230. The monoisotopic (exact) mass is 416 g/mol. The first kappa shape index (κ1) is 20.3. The van der Waals surface area contributed by atoms with E-state index in [2.05, 4.69) is 35.9 Å². The number of fused-ring (bicyclic) bond motifs is 1. The van der Waals surface area contributed by atoms with Crippen LogP contribution in [0.1, 0.15) is 27.6 Å². The Labute approximate surface area is 180 Å². The molecule has 0 saturated heterocycles. The van der Waals surface area contributed by atoms with Gasteiger partial charge in [-0.1, -0.05) is 6.07 Å². The minimum atomic E-state index is -0.162. The van der Waals surface area contributed by atoms with Crippen LogP contribution in [0.5, 0.6) is 0 Å². The van der Waals surface area contributed by atoms with Gasteiger partial charge in [0, 0.05) is 31.5 Å². The molecule has 9 nitrogen and oxygen atoms in total. The summed E-state index contributed by atoms with van der Waals surface area (Å²) in [5.74, 6) is 2.51. The second kappa shape index (κ2) is 8.78. The van der Waals surface area contributed by atoms with Gasteiger partial charge in [-0.25, -0.2) is 19.9 Å². The Morgan fingerprint density at radius 1 is 0.968 bits per heavy atom. The second-order valence-electron chi connectivity index (χ2n) is 7.19. The minimum Gasteiger partial charge on any atom is -0.368 e. The van der Waals surface area contributed by atoms with Gasteiger partial charge in [-0.15, -0.1) is 0 Å². The van der Waals surface area contributed by atoms with Gasteiger partial charge in [0.05, 0.1) is 5.69 Å². The Morgan fingerprint density at radius 3 is 2.65 bits per heavy atom. The fraction of sp³-hybridized carbons (Fsp3) is 0.227. The molecule has 4 heterocycles. The third-order valence-electron chi connectivity index (χ3n) is 4.65. The fourth-order valence-electron chi connectivity index (χ4n) is 3.30. The normalized spacial score (nSPS) is 10.8. The number of carbonyl (C=O) groups is 1. The van der Waals surface area contributed by atoms with Crippen LogP contribution in [0.25, 0.3) is 5.65 Å². The molecule has 0 spiro atoms. The van der Waals surface area contributed by atoms with E-state index in [9.17, 15) is 4.79 Å². The molecule has 4 rings (SSSR count). The maximum absolute atomic E-state index is 12.6. The zero-order chi connectivity index (χ0) is 21.8. The molecule has 3 N–H and O–H groups in total. The molecular formula is C22H24N8O. The molecule has 0 aliphatic carbocycles. The van der Waals surface area contributed by atoms with Crippen molar-refractivity contribution in [1.29, 1.82) is 0 Å². The largest absolute Gasteiger partial charge is 0.368 e. The summed E-state index contributed by atoms with van der Waals surface area (Å²) in [6, 6.07) is 11.3. The molecule has 0 saturated carbocycles. The molecular weight excluding hydrogens is 392 g/mol. The van der Waals surface area contributed by atoms with Crippen LogP contribution in [0.4, 0.5) is 17.5 Å². The van der Waals surface area contributed by atoms with Crippen molar-refractivity contribution in [2.24, 2.45) is 0 Å². The topological polar surface area (TPSA) is 109 Å². The van der Waals surface area contributed by atoms with E-state index in [-0.39, 0.29) is 5.91 Å². The van der Waals surface area contributed by atoms with Gasteiger partial charge < -0.3 is 16.0 Å². The first-order chi connectivity index (χ1) is 15.0. The zero-order valence-corrected chi connectivity index (χ0v) is 17.7. The summed E-state index contributed by atoms with van der Waals surface area (Å²) in [5, 5.41) is 9.35. The molecule has 0 bridgehead atoms. The van der Waals surface area contributed by atoms with Gasteiger partial charge in [0.15, 0.2) is 0 Å². The Morgan fingerprint density at radius 2 is 1.81 bits per heavy atom. The molecule has 0 aliphatic heterocycles. The van der Waals surface area contributed by atoms with Crippen molar-refractivity contribution in [1.82, 2.24) is 29.7 Å². The lowest BCUT2D eigenvalue weighted by Gasteiger charge is -2.11. The number of pyridine rings is 2. The fourth-order valence-corrected chi connectivity index (χ4v) is 3.30. The summed E-state index contributed by atoms with van der Waals surface area (Å²) < 4.78 is 1.79. The lowest BCUT2D eigenvalue weighted by atomic mass is 10.3. The van der Waals surface area contributed by atoms with Gasteiger partial charge in [0.2, 0.25) is 0 Å². The van der Waals surface area contributed by atoms with Gasteiger partial charge >= 0.3 is 0 Å². The van der Waals surface area contributed by atoms with E-state index in [0.717, 1.165) is 17.0 Å². The molecule has 0 atom stereocenters. The van der Waals surface area contributed by atoms with Crippen LogP contribution in [-0.2, 0) is 0 Å². The maximum atomic E-state index is 12.6. The molecule has 1 amide bonds. The lowest BCUT2D eigenvalue weighted by molar-refractivity contribution is 0.0948. The van der Waals surface area contributed by atoms with E-state index < -0.39 is 0 Å². The molecule has 0 radical (unpaired) electrons. The highest BCUT2D eigenvalue weighted by molar-refractivity contribution is 5.94. The Hall–Kier alpha value is -4.01. The minimum absolute atomic E-state index is 0.162. The number of hydrogen-bond donors (Lipinski definition) is 3. The number of hydrogen-bond acceptors (Lipinski definition) is 7. The first-order valence-electron chi connectivity index (χ1n) is 10.0. The zero-order valence-electron chi connectivity index (χ0n) is 17.7. The summed E-state index contributed by atoms with van der Waals surface area (Å²) in [6.07, 6.45) is 3.59. The smallest absolute Gasteiger partial charge is 0.270 e. The number of anilines is 3. The number of carbonyl (C=O) groups excluding carboxylic acids is 1. The van der Waals surface area contributed by atoms with Gasteiger partial charge in [-0.3, -0.25) is 9.20 Å². The highest BCUT2D eigenvalue weighted by Crippen LogP contribution is 2.16. The molecule has 9 heteroatoms. The van der Waals surface area contributed by atoms with Crippen LogP contribution < -0.4 is 16.0 Å². The van der Waals surface area contributed by atoms with E-state index in [0.29, 0.717) is 41.9 Å². The van der Waals surface area contributed by atoms with Gasteiger partial charge in [0.25, 0.3) is 5.91 Å². The summed E-state index contributed by atoms with van der Waals surface area (Å²) in [6.45, 7) is 6.62. The average molecular weight is 416 g/mol. The van der Waals surface area contributed by atoms with Crippen LogP contribution in [0.2, 0.25) is 0 Å². The third-order valence-corrected chi connectivity index (χ3v) is 4.65. The molecule has 4 aromatic rings. The SMILES string of the molecule is Cc1ccnc(Nc2cc(NCCNC(=O)c3c(C)nc4ccccn34)nc(C)n2)c1. The predicted octanol–water partition coefficient (Wildman–Crippen LogP) is 3.03. The number of aryl methyl sites for hydroxylation is 3. The number of rotatable bonds is 7. The summed E-state index contributed by atoms with van der Waals surface area (Å²) in [5.41, 5.74) is 3.11. The van der Waals surface area contributed by atoms with E-state index in [4.69, 9.17) is 0 Å². The highest BCUT2D eigenvalue weighted by Gasteiger charge is 2.15. The van der Waals surface area contributed by atoms with Crippen LogP contribution in [0.3, 0.4) is 0 Å². The van der Waals surface area contributed by atoms with Gasteiger partial charge in [-0.05, 0) is 50.6 Å². The van der Waals surface area contributed by atoms with Crippen LogP contribution in [-0.4, -0.2) is 43.3 Å². The average Bonchev–Trinajstić information content (AvgIpc) is 3.06. The maximum Gasteiger partial charge on any atom is 0.270 e. The summed E-state index contributed by atoms with van der Waals surface area (Å²) >= 11 is 0. The Kier molecular flexibility index (Phi) is 5.74. The Balaban J connectivity index is 1.36. The quantitative estimate of drug-likeness (QED) is 0.397. The third kappa shape index (κ3) is 4.77. The molecule has 158 valence electrons. The van der Waals surface area contributed by atoms with E-state index in [1.807, 2.05) is 63.4 Å². The van der Waals surface area contributed by atoms with Crippen molar-refractivity contribution in [3.8, 4) is 0 Å². The molecule has 0 aliphatic rings. The molecule has 31 heavy (non-hydrogen) atoms. The highest BCUT2D eigenvalue weighted by atomic mass is 16.1. The molecule has 0 unspecified atom stereocenters. The van der Waals surface area contributed by atoms with Gasteiger partial charge in [0.1, 0.15) is 34.6 Å². The standard InChI is InChI=1S/C22H24N8O/c1-14-7-8-23-17(12-14)29-19-13-18(27-16(3)28-19)24-9-10-25-22(31)21-15(2)26-20-6-4-5-11-30(20)21/h4-8,11-13H,9-10H2,1-3H3,(H,25,31)(H2,23,24,27,28,29). The summed E-state index contributed by atoms with van der Waals surface area (Å²) in [7, 11) is 0. The van der Waals surface area contributed by atoms with E-state index in [1.54, 1.807) is 10.6 Å². The number of nitrogens with zero attached hydrogens (tertiary/aromatic N) is 5. The predicted molar refractivity (Wildman–Crippen MR) is 120 cm³/mol. The number of nitrogens with one attached hydrogen (secondary N) is 3. The van der Waals surface area contributed by atoms with E-state index >= 15 is 0 Å². The van der Waals surface area contributed by atoms with Crippen LogP contribution in [0.15, 0.2) is 48.8 Å². The number of imidazole rings is 1. The molecule has 4 aromatic heterocycles.